The van der Waals surface area contributed by atoms with Crippen LogP contribution in [0.25, 0.3) is 22.2 Å². The maximum absolute atomic E-state index is 13.6. The van der Waals surface area contributed by atoms with Gasteiger partial charge in [-0.05, 0) is 48.4 Å². The summed E-state index contributed by atoms with van der Waals surface area (Å²) in [6, 6.07) is 23.4. The van der Waals surface area contributed by atoms with E-state index in [1.165, 1.54) is 0 Å². The maximum atomic E-state index is 13.6. The molecule has 8 heteroatoms. The fraction of sp³-hybridized carbons (Fsp3) is 0.120. The van der Waals surface area contributed by atoms with E-state index in [9.17, 15) is 8.42 Å². The Labute approximate surface area is 191 Å². The molecule has 0 unspecified atom stereocenters. The Hall–Kier alpha value is -3.91. The van der Waals surface area contributed by atoms with E-state index in [0.717, 1.165) is 11.3 Å². The summed E-state index contributed by atoms with van der Waals surface area (Å²) in [4.78, 5) is 9.58. The van der Waals surface area contributed by atoms with Crippen LogP contribution < -0.4 is 10.5 Å². The molecule has 0 aliphatic rings. The third kappa shape index (κ3) is 3.68. The molecule has 0 aliphatic carbocycles. The van der Waals surface area contributed by atoms with Gasteiger partial charge in [-0.25, -0.2) is 18.4 Å². The molecule has 2 N–H and O–H groups in total. The number of ether oxygens (including phenoxy) is 1. The molecule has 0 saturated heterocycles. The molecule has 0 spiro atoms. The monoisotopic (exact) mass is 458 g/mol. The highest BCUT2D eigenvalue weighted by Gasteiger charge is 2.30. The first-order valence-corrected chi connectivity index (χ1v) is 11.9. The number of nitrogen functional groups attached to an aromatic ring is 1. The molecule has 0 amide bonds. The number of methoxy groups -OCH3 is 1. The smallest absolute Gasteiger partial charge is 0.212 e. The Morgan fingerprint density at radius 2 is 1.52 bits per heavy atom. The fourth-order valence-electron chi connectivity index (χ4n) is 3.93. The molecule has 0 aliphatic heterocycles. The second-order valence-electron chi connectivity index (χ2n) is 7.67. The zero-order valence-electron chi connectivity index (χ0n) is 18.0. The van der Waals surface area contributed by atoms with Crippen molar-refractivity contribution in [3.63, 3.8) is 0 Å². The number of anilines is 1. The molecule has 5 aromatic rings. The molecule has 3 aromatic carbocycles. The SMILES string of the molecule is COc1ccc(CCn2c(N)c(S(=O)(=O)c3ccccc3)c3nc4ccccc4nc32)cc1. The third-order valence-electron chi connectivity index (χ3n) is 5.65. The van der Waals surface area contributed by atoms with Crippen molar-refractivity contribution in [3.8, 4) is 5.75 Å². The lowest BCUT2D eigenvalue weighted by Crippen LogP contribution is -2.09. The van der Waals surface area contributed by atoms with Crippen LogP contribution in [0, 0.1) is 0 Å². The standard InChI is InChI=1S/C25H22N4O3S/c1-32-18-13-11-17(12-14-18)15-16-29-24(26)23(33(30,31)19-7-3-2-4-8-19)22-25(29)28-21-10-6-5-9-20(21)27-22/h2-14H,15-16,26H2,1H3. The van der Waals surface area contributed by atoms with Crippen molar-refractivity contribution in [2.75, 3.05) is 12.8 Å². The molecule has 0 saturated carbocycles. The first-order valence-electron chi connectivity index (χ1n) is 10.5. The second kappa shape index (κ2) is 8.22. The Balaban J connectivity index is 1.68. The van der Waals surface area contributed by atoms with Crippen LogP contribution in [-0.4, -0.2) is 30.1 Å². The molecule has 7 nitrogen and oxygen atoms in total. The molecule has 2 heterocycles. The molecule has 0 bridgehead atoms. The molecule has 166 valence electrons. The Kier molecular flexibility index (Phi) is 5.22. The van der Waals surface area contributed by atoms with Gasteiger partial charge in [-0.1, -0.05) is 42.5 Å². The van der Waals surface area contributed by atoms with Gasteiger partial charge >= 0.3 is 0 Å². The highest BCUT2D eigenvalue weighted by atomic mass is 32.2. The van der Waals surface area contributed by atoms with Crippen molar-refractivity contribution in [1.82, 2.24) is 14.5 Å². The van der Waals surface area contributed by atoms with E-state index in [4.69, 9.17) is 15.5 Å². The van der Waals surface area contributed by atoms with Gasteiger partial charge in [0.25, 0.3) is 0 Å². The van der Waals surface area contributed by atoms with Gasteiger partial charge in [0, 0.05) is 6.54 Å². The van der Waals surface area contributed by atoms with E-state index in [1.807, 2.05) is 48.5 Å². The summed E-state index contributed by atoms with van der Waals surface area (Å²) in [5.74, 6) is 0.913. The normalized spacial score (nSPS) is 11.8. The number of fused-ring (bicyclic) bond motifs is 2. The molecular weight excluding hydrogens is 436 g/mol. The largest absolute Gasteiger partial charge is 0.497 e. The highest BCUT2D eigenvalue weighted by Crippen LogP contribution is 2.35. The zero-order valence-corrected chi connectivity index (χ0v) is 18.8. The fourth-order valence-corrected chi connectivity index (χ4v) is 5.46. The summed E-state index contributed by atoms with van der Waals surface area (Å²) in [5.41, 5.74) is 9.59. The van der Waals surface area contributed by atoms with Crippen LogP contribution in [0.5, 0.6) is 5.75 Å². The number of hydrogen-bond acceptors (Lipinski definition) is 6. The van der Waals surface area contributed by atoms with Crippen molar-refractivity contribution in [1.29, 1.82) is 0 Å². The number of rotatable bonds is 6. The molecule has 2 aromatic heterocycles. The number of hydrogen-bond donors (Lipinski definition) is 1. The van der Waals surface area contributed by atoms with E-state index in [1.54, 1.807) is 42.0 Å². The summed E-state index contributed by atoms with van der Waals surface area (Å²) in [6.45, 7) is 0.450. The summed E-state index contributed by atoms with van der Waals surface area (Å²) in [7, 11) is -2.28. The van der Waals surface area contributed by atoms with E-state index in [-0.39, 0.29) is 21.1 Å². The lowest BCUT2D eigenvalue weighted by Gasteiger charge is -2.09. The number of para-hydroxylation sites is 2. The van der Waals surface area contributed by atoms with Crippen LogP contribution in [0.3, 0.4) is 0 Å². The van der Waals surface area contributed by atoms with E-state index >= 15 is 0 Å². The van der Waals surface area contributed by atoms with Crippen molar-refractivity contribution in [3.05, 3.63) is 84.4 Å². The highest BCUT2D eigenvalue weighted by molar-refractivity contribution is 7.92. The van der Waals surface area contributed by atoms with Gasteiger partial charge in [0.15, 0.2) is 5.65 Å². The Morgan fingerprint density at radius 3 is 2.18 bits per heavy atom. The predicted molar refractivity (Wildman–Crippen MR) is 128 cm³/mol. The molecule has 0 atom stereocenters. The number of benzene rings is 3. The topological polar surface area (TPSA) is 100 Å². The first-order chi connectivity index (χ1) is 16.0. The maximum Gasteiger partial charge on any atom is 0.212 e. The summed E-state index contributed by atoms with van der Waals surface area (Å²) in [5, 5.41) is 0. The van der Waals surface area contributed by atoms with Gasteiger partial charge in [0.2, 0.25) is 9.84 Å². The molecule has 5 rings (SSSR count). The first kappa shape index (κ1) is 21.0. The zero-order chi connectivity index (χ0) is 23.0. The number of aromatic nitrogens is 3. The molecule has 0 fully saturated rings. The van der Waals surface area contributed by atoms with Crippen LogP contribution in [0.15, 0.2) is 88.7 Å². The van der Waals surface area contributed by atoms with Crippen LogP contribution in [-0.2, 0) is 22.8 Å². The minimum absolute atomic E-state index is 0.00307. The van der Waals surface area contributed by atoms with Crippen molar-refractivity contribution in [2.45, 2.75) is 22.8 Å². The minimum Gasteiger partial charge on any atom is -0.497 e. The average molecular weight is 459 g/mol. The van der Waals surface area contributed by atoms with Crippen LogP contribution in [0.4, 0.5) is 5.82 Å². The second-order valence-corrected chi connectivity index (χ2v) is 9.55. The lowest BCUT2D eigenvalue weighted by molar-refractivity contribution is 0.414. The number of nitrogens with two attached hydrogens (primary N) is 1. The summed E-state index contributed by atoms with van der Waals surface area (Å²) >= 11 is 0. The molecule has 33 heavy (non-hydrogen) atoms. The molecule has 0 radical (unpaired) electrons. The quantitative estimate of drug-likeness (QED) is 0.408. The molecular formula is C25H22N4O3S. The number of sulfone groups is 1. The van der Waals surface area contributed by atoms with Crippen LogP contribution in [0.1, 0.15) is 5.56 Å². The van der Waals surface area contributed by atoms with E-state index in [0.29, 0.717) is 29.6 Å². The average Bonchev–Trinajstić information content (AvgIpc) is 3.12. The Bertz CT molecular complexity index is 1560. The van der Waals surface area contributed by atoms with Crippen molar-refractivity contribution >= 4 is 37.9 Å². The van der Waals surface area contributed by atoms with Gasteiger partial charge in [-0.3, -0.25) is 0 Å². The lowest BCUT2D eigenvalue weighted by atomic mass is 10.1. The van der Waals surface area contributed by atoms with Crippen LogP contribution >= 0.6 is 0 Å². The van der Waals surface area contributed by atoms with Crippen LogP contribution in [0.2, 0.25) is 0 Å². The van der Waals surface area contributed by atoms with E-state index < -0.39 is 9.84 Å². The summed E-state index contributed by atoms with van der Waals surface area (Å²) < 4.78 is 34.1. The number of nitrogens with zero attached hydrogens (tertiary/aromatic N) is 3. The summed E-state index contributed by atoms with van der Waals surface area (Å²) in [6.07, 6.45) is 0.636. The Morgan fingerprint density at radius 1 is 0.879 bits per heavy atom. The minimum atomic E-state index is -3.90. The van der Waals surface area contributed by atoms with Gasteiger partial charge in [0.1, 0.15) is 22.0 Å². The van der Waals surface area contributed by atoms with Gasteiger partial charge < -0.3 is 15.0 Å². The van der Waals surface area contributed by atoms with Gasteiger partial charge in [-0.15, -0.1) is 0 Å². The third-order valence-corrected chi connectivity index (χ3v) is 7.48. The number of aryl methyl sites for hydroxylation is 2. The predicted octanol–water partition coefficient (Wildman–Crippen LogP) is 4.25. The van der Waals surface area contributed by atoms with Gasteiger partial charge in [0.05, 0.1) is 23.0 Å². The van der Waals surface area contributed by atoms with E-state index in [2.05, 4.69) is 4.98 Å². The van der Waals surface area contributed by atoms with Crippen molar-refractivity contribution < 1.29 is 13.2 Å². The van der Waals surface area contributed by atoms with Crippen molar-refractivity contribution in [2.24, 2.45) is 0 Å². The van der Waals surface area contributed by atoms with Gasteiger partial charge in [-0.2, -0.15) is 0 Å².